The monoisotopic (exact) mass is 393 g/mol. The van der Waals surface area contributed by atoms with Crippen LogP contribution in [0.25, 0.3) is 0 Å². The average Bonchev–Trinajstić information content (AvgIpc) is 2.44. The Morgan fingerprint density at radius 2 is 1.76 bits per heavy atom. The van der Waals surface area contributed by atoms with Crippen molar-refractivity contribution in [2.24, 2.45) is 0 Å². The quantitative estimate of drug-likeness (QED) is 0.199. The highest BCUT2D eigenvalue weighted by Crippen LogP contribution is 2.50. The molecule has 8 nitrogen and oxygen atoms in total. The highest BCUT2D eigenvalue weighted by atomic mass is 31.3. The molecular weight excluding hydrogens is 370 g/mol. The van der Waals surface area contributed by atoms with Crippen molar-refractivity contribution in [3.05, 3.63) is 23.3 Å². The molecule has 0 amide bonds. The summed E-state index contributed by atoms with van der Waals surface area (Å²) in [5.41, 5.74) is 2.07. The zero-order valence-corrected chi connectivity index (χ0v) is 16.1. The summed E-state index contributed by atoms with van der Waals surface area (Å²) in [4.78, 5) is 31.5. The Balaban J connectivity index is 4.05. The van der Waals surface area contributed by atoms with Gasteiger partial charge in [0.2, 0.25) is 0 Å². The Hall–Kier alpha value is -0.740. The summed E-state index contributed by atoms with van der Waals surface area (Å²) < 4.78 is 34.1. The van der Waals surface area contributed by atoms with Crippen LogP contribution in [-0.2, 0) is 22.7 Å². The third kappa shape index (κ3) is 16.5. The summed E-state index contributed by atoms with van der Waals surface area (Å²) >= 11 is 0. The van der Waals surface area contributed by atoms with Gasteiger partial charge in [-0.15, -0.1) is 6.42 Å². The Kier molecular flexibility index (Phi) is 12.2. The lowest BCUT2D eigenvalue weighted by molar-refractivity contribution is -0.339. The van der Waals surface area contributed by atoms with E-state index in [1.807, 2.05) is 6.92 Å². The van der Waals surface area contributed by atoms with Crippen molar-refractivity contribution in [1.29, 1.82) is 0 Å². The largest absolute Gasteiger partial charge is 0.790 e. The van der Waals surface area contributed by atoms with Crippen LogP contribution >= 0.6 is 15.6 Å². The molecule has 0 aromatic heterocycles. The average molecular weight is 393 g/mol. The van der Waals surface area contributed by atoms with Crippen molar-refractivity contribution >= 4 is 15.6 Å². The summed E-state index contributed by atoms with van der Waals surface area (Å²) in [6.45, 7) is 4.32. The molecule has 0 N–H and O–H groups in total. The zero-order valence-electron chi connectivity index (χ0n) is 14.3. The summed E-state index contributed by atoms with van der Waals surface area (Å²) in [5, 5.41) is 0. The van der Waals surface area contributed by atoms with E-state index in [9.17, 15) is 23.8 Å². The molecule has 0 bridgehead atoms. The normalized spacial score (nSPS) is 15.7. The molecule has 0 aliphatic rings. The fourth-order valence-corrected chi connectivity index (χ4v) is 3.18. The number of phosphoric acid groups is 2. The highest BCUT2D eigenvalue weighted by Gasteiger charge is 2.10. The van der Waals surface area contributed by atoms with Gasteiger partial charge in [-0.25, -0.2) is 0 Å². The second kappa shape index (κ2) is 12.6. The fourth-order valence-electron chi connectivity index (χ4n) is 1.75. The van der Waals surface area contributed by atoms with E-state index in [4.69, 9.17) is 11.2 Å². The van der Waals surface area contributed by atoms with Crippen molar-refractivity contribution in [3.8, 4) is 12.3 Å². The van der Waals surface area contributed by atoms with Crippen molar-refractivity contribution in [2.75, 3.05) is 19.8 Å². The van der Waals surface area contributed by atoms with Gasteiger partial charge in [-0.05, 0) is 39.5 Å². The number of allylic oxidation sites excluding steroid dienone is 3. The lowest BCUT2D eigenvalue weighted by Crippen LogP contribution is -2.19. The molecule has 0 spiro atoms. The first kappa shape index (κ1) is 24.3. The summed E-state index contributed by atoms with van der Waals surface area (Å²) in [6, 6.07) is 0. The molecule has 0 saturated heterocycles. The van der Waals surface area contributed by atoms with Gasteiger partial charge in [-0.1, -0.05) is 29.2 Å². The molecule has 10 heteroatoms. The molecule has 0 aromatic rings. The molecule has 0 aromatic carbocycles. The molecule has 0 saturated carbocycles. The van der Waals surface area contributed by atoms with Gasteiger partial charge in [0, 0.05) is 6.61 Å². The van der Waals surface area contributed by atoms with Crippen LogP contribution in [0.3, 0.4) is 0 Å². The van der Waals surface area contributed by atoms with E-state index in [0.717, 1.165) is 24.8 Å². The Morgan fingerprint density at radius 1 is 1.12 bits per heavy atom. The van der Waals surface area contributed by atoms with Crippen molar-refractivity contribution in [1.82, 2.24) is 0 Å². The van der Waals surface area contributed by atoms with E-state index in [-0.39, 0.29) is 0 Å². The van der Waals surface area contributed by atoms with Gasteiger partial charge < -0.3 is 28.5 Å². The standard InChI is InChI=1S/C15H26O8P2/c1-4-11-21-12-6-9-14(2)7-5-8-15(3)10-13-22-25(19,20)23-24(16,17)18/h1,7,10H,5-6,8-9,11-13H2,2-3H3,(H,19,20)(H2,16,17,18)/p-3/b14-7+,15-10+. The smallest absolute Gasteiger partial charge is 0.272 e. The zero-order chi connectivity index (χ0) is 19.3. The minimum absolute atomic E-state index is 0.317. The van der Waals surface area contributed by atoms with Crippen LogP contribution in [0.5, 0.6) is 0 Å². The number of ether oxygens (including phenoxy) is 1. The fraction of sp³-hybridized carbons (Fsp3) is 0.600. The Labute approximate surface area is 148 Å². The van der Waals surface area contributed by atoms with Gasteiger partial charge in [-0.2, -0.15) is 0 Å². The third-order valence-electron chi connectivity index (χ3n) is 2.94. The van der Waals surface area contributed by atoms with Gasteiger partial charge in [0.1, 0.15) is 6.61 Å². The lowest BCUT2D eigenvalue weighted by Gasteiger charge is -2.34. The van der Waals surface area contributed by atoms with Crippen LogP contribution in [0.15, 0.2) is 23.3 Å². The second-order valence-corrected chi connectivity index (χ2v) is 7.97. The maximum absolute atomic E-state index is 11.0. The van der Waals surface area contributed by atoms with Crippen molar-refractivity contribution in [2.45, 2.75) is 39.5 Å². The predicted octanol–water partition coefficient (Wildman–Crippen LogP) is 1.42. The molecular formula is C15H23O8P2-3. The van der Waals surface area contributed by atoms with Gasteiger partial charge >= 0.3 is 0 Å². The van der Waals surface area contributed by atoms with Crippen LogP contribution in [0.2, 0.25) is 0 Å². The van der Waals surface area contributed by atoms with Crippen molar-refractivity contribution < 1.29 is 37.4 Å². The molecule has 25 heavy (non-hydrogen) atoms. The number of rotatable bonds is 13. The number of terminal acetylenes is 1. The van der Waals surface area contributed by atoms with Gasteiger partial charge in [0.25, 0.3) is 7.82 Å². The summed E-state index contributed by atoms with van der Waals surface area (Å²) in [7, 11) is -10.8. The van der Waals surface area contributed by atoms with Crippen molar-refractivity contribution in [3.63, 3.8) is 0 Å². The first-order valence-corrected chi connectivity index (χ1v) is 10.5. The summed E-state index contributed by atoms with van der Waals surface area (Å²) in [6.07, 6.45) is 11.9. The van der Waals surface area contributed by atoms with E-state index < -0.39 is 22.3 Å². The maximum atomic E-state index is 11.0. The summed E-state index contributed by atoms with van der Waals surface area (Å²) in [5.74, 6) is 2.40. The van der Waals surface area contributed by atoms with Gasteiger partial charge in [-0.3, -0.25) is 8.88 Å². The molecule has 0 aliphatic carbocycles. The van der Waals surface area contributed by atoms with Crippen LogP contribution in [0, 0.1) is 12.3 Å². The molecule has 0 heterocycles. The predicted molar refractivity (Wildman–Crippen MR) is 87.9 cm³/mol. The number of hydrogen-bond acceptors (Lipinski definition) is 8. The first-order valence-electron chi connectivity index (χ1n) is 7.57. The Morgan fingerprint density at radius 3 is 2.36 bits per heavy atom. The molecule has 144 valence electrons. The number of hydrogen-bond donors (Lipinski definition) is 0. The molecule has 1 atom stereocenters. The van der Waals surface area contributed by atoms with E-state index in [0.29, 0.717) is 19.6 Å². The van der Waals surface area contributed by atoms with Gasteiger partial charge in [0.05, 0.1) is 14.4 Å². The Bertz CT molecular complexity index is 585. The number of phosphoric ester groups is 1. The SMILES string of the molecule is C#CCOCCC/C(C)=C/CC/C(C)=C/COP(=O)([O-])OP(=O)([O-])[O-]. The molecule has 0 fully saturated rings. The van der Waals surface area contributed by atoms with E-state index in [1.54, 1.807) is 6.92 Å². The second-order valence-electron chi connectivity index (χ2n) is 5.27. The van der Waals surface area contributed by atoms with E-state index >= 15 is 0 Å². The molecule has 0 radical (unpaired) electrons. The van der Waals surface area contributed by atoms with Crippen LogP contribution in [0.1, 0.15) is 39.5 Å². The van der Waals surface area contributed by atoms with Crippen LogP contribution in [-0.4, -0.2) is 19.8 Å². The third-order valence-corrected chi connectivity index (χ3v) is 5.01. The minimum Gasteiger partial charge on any atom is -0.790 e. The lowest BCUT2D eigenvalue weighted by atomic mass is 10.1. The van der Waals surface area contributed by atoms with E-state index in [1.165, 1.54) is 11.6 Å². The highest BCUT2D eigenvalue weighted by molar-refractivity contribution is 7.58. The van der Waals surface area contributed by atoms with Crippen LogP contribution < -0.4 is 14.7 Å². The minimum atomic E-state index is -5.64. The first-order chi connectivity index (χ1) is 11.6. The molecule has 0 aliphatic heterocycles. The molecule has 0 rings (SSSR count). The van der Waals surface area contributed by atoms with Gasteiger partial charge in [0.15, 0.2) is 0 Å². The molecule has 1 unspecified atom stereocenters. The maximum Gasteiger partial charge on any atom is 0.272 e. The van der Waals surface area contributed by atoms with Crippen LogP contribution in [0.4, 0.5) is 0 Å². The topological polar surface area (TPSA) is 131 Å². The van der Waals surface area contributed by atoms with E-state index in [2.05, 4.69) is 20.8 Å².